The quantitative estimate of drug-likeness (QED) is 0.660. The van der Waals surface area contributed by atoms with E-state index in [1.807, 2.05) is 37.3 Å². The van der Waals surface area contributed by atoms with Crippen molar-refractivity contribution in [3.05, 3.63) is 34.5 Å². The second kappa shape index (κ2) is 3.44. The molecule has 0 bridgehead atoms. The van der Waals surface area contributed by atoms with Crippen LogP contribution in [0.1, 0.15) is 4.19 Å². The molecule has 1 aromatic heterocycles. The summed E-state index contributed by atoms with van der Waals surface area (Å²) >= 11 is 2.90. The topological polar surface area (TPSA) is 23.1 Å². The molecular formula is C10H8OS2. The van der Waals surface area contributed by atoms with Crippen LogP contribution in [0, 0.1) is 6.92 Å². The van der Waals surface area contributed by atoms with Crippen LogP contribution in [0.3, 0.4) is 0 Å². The van der Waals surface area contributed by atoms with Crippen LogP contribution in [0.4, 0.5) is 0 Å². The van der Waals surface area contributed by atoms with Gasteiger partial charge in [0.1, 0.15) is 5.06 Å². The van der Waals surface area contributed by atoms with Crippen molar-refractivity contribution in [2.45, 2.75) is 6.92 Å². The molecule has 0 aliphatic rings. The van der Waals surface area contributed by atoms with Gasteiger partial charge < -0.3 is 5.11 Å². The summed E-state index contributed by atoms with van der Waals surface area (Å²) in [5.41, 5.74) is 1.03. The zero-order chi connectivity index (χ0) is 9.26. The van der Waals surface area contributed by atoms with Crippen LogP contribution in [0.2, 0.25) is 0 Å². The van der Waals surface area contributed by atoms with Crippen LogP contribution in [-0.2, 0) is 0 Å². The predicted octanol–water partition coefficient (Wildman–Crippen LogP) is 3.14. The first-order valence-electron chi connectivity index (χ1n) is 3.93. The van der Waals surface area contributed by atoms with Crippen molar-refractivity contribution in [2.75, 3.05) is 0 Å². The van der Waals surface area contributed by atoms with Gasteiger partial charge in [0.2, 0.25) is 0 Å². The summed E-state index contributed by atoms with van der Waals surface area (Å²) in [6, 6.07) is 9.81. The molecule has 0 unspecified atom stereocenters. The number of hydrogen-bond acceptors (Lipinski definition) is 2. The summed E-state index contributed by atoms with van der Waals surface area (Å²) < 4.78 is 1.11. The Morgan fingerprint density at radius 2 is 1.92 bits per heavy atom. The van der Waals surface area contributed by atoms with Gasteiger partial charge in [0.25, 0.3) is 4.19 Å². The fourth-order valence-electron chi connectivity index (χ4n) is 1.15. The zero-order valence-electron chi connectivity index (χ0n) is 7.11. The normalized spacial score (nSPS) is 10.2. The Labute approximate surface area is 84.9 Å². The maximum atomic E-state index is 11.5. The van der Waals surface area contributed by atoms with E-state index >= 15 is 0 Å². The van der Waals surface area contributed by atoms with E-state index in [-0.39, 0.29) is 5.06 Å². The summed E-state index contributed by atoms with van der Waals surface area (Å²) in [7, 11) is 0. The summed E-state index contributed by atoms with van der Waals surface area (Å²) in [5, 5.41) is 11.6. The molecule has 0 aliphatic carbocycles. The molecule has 0 amide bonds. The second-order valence-corrected chi connectivity index (χ2v) is 5.35. The largest absolute Gasteiger partial charge is 0.845 e. The standard InChI is InChI=1S/C10H8OS2/c1-7-12-9(10(11)13-7)8-5-3-2-4-6-8/h2-6H,1H3. The van der Waals surface area contributed by atoms with Crippen molar-refractivity contribution in [2.24, 2.45) is 0 Å². The summed E-state index contributed by atoms with van der Waals surface area (Å²) in [5.74, 6) is 0. The second-order valence-electron chi connectivity index (χ2n) is 2.68. The first kappa shape index (κ1) is 8.66. The highest BCUT2D eigenvalue weighted by Crippen LogP contribution is 2.39. The molecule has 0 N–H and O–H groups in total. The van der Waals surface area contributed by atoms with E-state index in [1.54, 1.807) is 11.3 Å². The van der Waals surface area contributed by atoms with Crippen LogP contribution in [0.25, 0.3) is 10.4 Å². The van der Waals surface area contributed by atoms with Gasteiger partial charge in [0.05, 0.1) is 22.7 Å². The highest BCUT2D eigenvalue weighted by molar-refractivity contribution is 7.34. The van der Waals surface area contributed by atoms with Gasteiger partial charge in [0, 0.05) is 12.5 Å². The van der Waals surface area contributed by atoms with Crippen LogP contribution in [0.15, 0.2) is 30.3 Å². The van der Waals surface area contributed by atoms with Crippen molar-refractivity contribution in [1.29, 1.82) is 0 Å². The van der Waals surface area contributed by atoms with Gasteiger partial charge in [-0.2, -0.15) is 0 Å². The van der Waals surface area contributed by atoms with Gasteiger partial charge >= 0.3 is 0 Å². The number of aryl methyl sites for hydroxylation is 1. The van der Waals surface area contributed by atoms with Gasteiger partial charge in [0.15, 0.2) is 4.88 Å². The van der Waals surface area contributed by atoms with Crippen LogP contribution < -0.4 is 5.11 Å². The molecule has 3 heteroatoms. The lowest BCUT2D eigenvalue weighted by Crippen LogP contribution is -1.86. The van der Waals surface area contributed by atoms with Gasteiger partial charge in [-0.1, -0.05) is 30.3 Å². The Hall–Kier alpha value is -0.930. The summed E-state index contributed by atoms with van der Waals surface area (Å²) in [6.45, 7) is 1.98. The Kier molecular flexibility index (Phi) is 2.29. The minimum Gasteiger partial charge on any atom is -0.845 e. The molecule has 0 saturated carbocycles. The van der Waals surface area contributed by atoms with Crippen molar-refractivity contribution >= 4 is 22.7 Å². The Morgan fingerprint density at radius 3 is 2.46 bits per heavy atom. The molecule has 2 rings (SSSR count). The molecular weight excluding hydrogens is 200 g/mol. The van der Waals surface area contributed by atoms with Gasteiger partial charge in [-0.3, -0.25) is 0 Å². The van der Waals surface area contributed by atoms with Crippen LogP contribution in [0.5, 0.6) is 5.06 Å². The smallest absolute Gasteiger partial charge is 0.251 e. The van der Waals surface area contributed by atoms with E-state index in [4.69, 9.17) is 0 Å². The minimum atomic E-state index is 0.175. The maximum absolute atomic E-state index is 11.5. The van der Waals surface area contributed by atoms with Crippen LogP contribution in [-0.4, -0.2) is 0 Å². The van der Waals surface area contributed by atoms with E-state index in [0.717, 1.165) is 14.6 Å². The molecule has 0 radical (unpaired) electrons. The van der Waals surface area contributed by atoms with Gasteiger partial charge in [-0.25, -0.2) is 0 Å². The SMILES string of the molecule is Cc1sc(-c2ccccc2)c([O-])[s+]1. The average Bonchev–Trinajstić information content (AvgIpc) is 2.47. The highest BCUT2D eigenvalue weighted by Gasteiger charge is 2.13. The van der Waals surface area contributed by atoms with Crippen molar-refractivity contribution in [3.63, 3.8) is 0 Å². The third-order valence-corrected chi connectivity index (χ3v) is 3.92. The summed E-state index contributed by atoms with van der Waals surface area (Å²) in [6.07, 6.45) is 0. The molecule has 2 aromatic rings. The molecule has 0 spiro atoms. The van der Waals surface area contributed by atoms with E-state index in [2.05, 4.69) is 0 Å². The van der Waals surface area contributed by atoms with E-state index in [9.17, 15) is 5.11 Å². The van der Waals surface area contributed by atoms with Gasteiger partial charge in [-0.05, 0) is 0 Å². The number of benzene rings is 1. The number of hydrogen-bond donors (Lipinski definition) is 0. The molecule has 1 heterocycles. The lowest BCUT2D eigenvalue weighted by molar-refractivity contribution is -0.260. The molecule has 0 fully saturated rings. The lowest BCUT2D eigenvalue weighted by Gasteiger charge is -1.96. The Morgan fingerprint density at radius 1 is 1.23 bits per heavy atom. The first-order valence-corrected chi connectivity index (χ1v) is 5.56. The van der Waals surface area contributed by atoms with Crippen molar-refractivity contribution in [3.8, 4) is 15.5 Å². The lowest BCUT2D eigenvalue weighted by atomic mass is 10.2. The Bertz CT molecular complexity index is 406. The van der Waals surface area contributed by atoms with E-state index in [1.165, 1.54) is 11.3 Å². The molecule has 0 saturated heterocycles. The molecule has 13 heavy (non-hydrogen) atoms. The van der Waals surface area contributed by atoms with E-state index < -0.39 is 0 Å². The molecule has 0 atom stereocenters. The Balaban J connectivity index is 2.53. The molecule has 1 nitrogen and oxygen atoms in total. The maximum Gasteiger partial charge on any atom is 0.251 e. The monoisotopic (exact) mass is 208 g/mol. The zero-order valence-corrected chi connectivity index (χ0v) is 8.74. The van der Waals surface area contributed by atoms with Crippen LogP contribution >= 0.6 is 22.7 Å². The molecule has 1 aromatic carbocycles. The van der Waals surface area contributed by atoms with Crippen molar-refractivity contribution < 1.29 is 5.11 Å². The minimum absolute atomic E-state index is 0.175. The molecule has 0 aliphatic heterocycles. The third kappa shape index (κ3) is 1.71. The summed E-state index contributed by atoms with van der Waals surface area (Å²) in [4.78, 5) is 0.864. The molecule has 66 valence electrons. The highest BCUT2D eigenvalue weighted by atomic mass is 32.2. The van der Waals surface area contributed by atoms with E-state index in [0.29, 0.717) is 0 Å². The average molecular weight is 208 g/mol. The fraction of sp³-hybridized carbons (Fsp3) is 0.100. The van der Waals surface area contributed by atoms with Gasteiger partial charge in [-0.15, -0.1) is 0 Å². The fourth-order valence-corrected chi connectivity index (χ4v) is 3.14. The first-order chi connectivity index (χ1) is 6.27. The third-order valence-electron chi connectivity index (χ3n) is 1.70. The predicted molar refractivity (Wildman–Crippen MR) is 56.2 cm³/mol. The van der Waals surface area contributed by atoms with Crippen molar-refractivity contribution in [1.82, 2.24) is 0 Å². The number of rotatable bonds is 1.